The van der Waals surface area contributed by atoms with Crippen molar-refractivity contribution in [2.45, 2.75) is 31.8 Å². The van der Waals surface area contributed by atoms with Crippen molar-refractivity contribution in [3.8, 4) is 0 Å². The predicted molar refractivity (Wildman–Crippen MR) is 53.4 cm³/mol. The highest BCUT2D eigenvalue weighted by Crippen LogP contribution is 2.37. The minimum Gasteiger partial charge on any atom is -0.319 e. The molecule has 14 heavy (non-hydrogen) atoms. The van der Waals surface area contributed by atoms with Gasteiger partial charge in [0.15, 0.2) is 0 Å². The molecule has 1 aromatic rings. The Hall–Kier alpha value is -0.870. The summed E-state index contributed by atoms with van der Waals surface area (Å²) in [4.78, 5) is 11.9. The first kappa shape index (κ1) is 9.68. The van der Waals surface area contributed by atoms with Crippen LogP contribution in [0.25, 0.3) is 0 Å². The number of nitrogens with two attached hydrogens (primary N) is 1. The Morgan fingerprint density at radius 2 is 2.43 bits per heavy atom. The third-order valence-electron chi connectivity index (χ3n) is 2.55. The molecule has 0 bridgehead atoms. The number of hydrogen-bond donors (Lipinski definition) is 1. The molecule has 2 rings (SSSR count). The second-order valence-electron chi connectivity index (χ2n) is 3.64. The van der Waals surface area contributed by atoms with Gasteiger partial charge < -0.3 is 5.73 Å². The summed E-state index contributed by atoms with van der Waals surface area (Å²) in [7, 11) is 0. The Kier molecular flexibility index (Phi) is 2.12. The number of rotatable bonds is 3. The van der Waals surface area contributed by atoms with E-state index in [4.69, 9.17) is 17.3 Å². The van der Waals surface area contributed by atoms with Gasteiger partial charge in [-0.25, -0.2) is 0 Å². The van der Waals surface area contributed by atoms with Crippen molar-refractivity contribution in [2.75, 3.05) is 0 Å². The zero-order valence-electron chi connectivity index (χ0n) is 7.96. The molecule has 1 fully saturated rings. The van der Waals surface area contributed by atoms with Crippen molar-refractivity contribution in [2.24, 2.45) is 5.73 Å². The van der Waals surface area contributed by atoms with Crippen molar-refractivity contribution >= 4 is 17.4 Å². The van der Waals surface area contributed by atoms with Gasteiger partial charge >= 0.3 is 0 Å². The lowest BCUT2D eigenvalue weighted by Crippen LogP contribution is -2.34. The molecular weight excluding hydrogens is 202 g/mol. The molecule has 0 aliphatic heterocycles. The highest BCUT2D eigenvalue weighted by atomic mass is 35.5. The number of carbonyl (C=O) groups is 1. The Labute approximate surface area is 87.0 Å². The van der Waals surface area contributed by atoms with Gasteiger partial charge in [0.05, 0.1) is 16.8 Å². The summed E-state index contributed by atoms with van der Waals surface area (Å²) in [6.07, 6.45) is 2.98. The number of halogens is 1. The number of Topliss-reactive ketones (excluding diaryl/α,β-unsaturated/α-hetero) is 1. The molecule has 1 aliphatic rings. The van der Waals surface area contributed by atoms with Gasteiger partial charge in [-0.2, -0.15) is 5.10 Å². The normalized spacial score (nSPS) is 18.2. The van der Waals surface area contributed by atoms with Crippen LogP contribution in [0.15, 0.2) is 6.20 Å². The lowest BCUT2D eigenvalue weighted by atomic mass is 10.1. The summed E-state index contributed by atoms with van der Waals surface area (Å²) in [6.45, 7) is 2.54. The van der Waals surface area contributed by atoms with E-state index in [0.29, 0.717) is 17.3 Å². The van der Waals surface area contributed by atoms with Crippen LogP contribution in [0.1, 0.15) is 30.3 Å². The molecular formula is C9H12ClN3O. The average molecular weight is 214 g/mol. The van der Waals surface area contributed by atoms with Crippen molar-refractivity contribution in [3.63, 3.8) is 0 Å². The van der Waals surface area contributed by atoms with Crippen LogP contribution in [-0.4, -0.2) is 21.1 Å². The van der Waals surface area contributed by atoms with Crippen molar-refractivity contribution in [1.29, 1.82) is 0 Å². The van der Waals surface area contributed by atoms with Crippen molar-refractivity contribution in [1.82, 2.24) is 9.78 Å². The summed E-state index contributed by atoms with van der Waals surface area (Å²) in [5.74, 6) is -0.0816. The lowest BCUT2D eigenvalue weighted by molar-refractivity contribution is 0.0938. The molecule has 0 saturated heterocycles. The molecule has 0 unspecified atom stereocenters. The number of carbonyl (C=O) groups excluding carboxylic acids is 1. The third-order valence-corrected chi connectivity index (χ3v) is 2.83. The molecule has 0 aromatic carbocycles. The maximum atomic E-state index is 11.9. The fourth-order valence-corrected chi connectivity index (χ4v) is 1.65. The van der Waals surface area contributed by atoms with Crippen LogP contribution in [0, 0.1) is 0 Å². The van der Waals surface area contributed by atoms with Crippen LogP contribution in [-0.2, 0) is 6.54 Å². The Morgan fingerprint density at radius 1 is 1.79 bits per heavy atom. The van der Waals surface area contributed by atoms with Gasteiger partial charge in [-0.3, -0.25) is 9.48 Å². The summed E-state index contributed by atoms with van der Waals surface area (Å²) >= 11 is 5.89. The average Bonchev–Trinajstić information content (AvgIpc) is 2.79. The molecule has 0 spiro atoms. The zero-order chi connectivity index (χ0) is 10.3. The Morgan fingerprint density at radius 3 is 2.93 bits per heavy atom. The van der Waals surface area contributed by atoms with Gasteiger partial charge in [0.1, 0.15) is 5.69 Å². The summed E-state index contributed by atoms with van der Waals surface area (Å²) in [5, 5.41) is 4.40. The second kappa shape index (κ2) is 3.07. The SMILES string of the molecule is CCn1ncc(Cl)c1C(=O)C1(N)CC1. The van der Waals surface area contributed by atoms with Gasteiger partial charge in [-0.1, -0.05) is 11.6 Å². The van der Waals surface area contributed by atoms with Gasteiger partial charge in [0, 0.05) is 6.54 Å². The molecule has 0 atom stereocenters. The van der Waals surface area contributed by atoms with E-state index in [2.05, 4.69) is 5.10 Å². The smallest absolute Gasteiger partial charge is 0.202 e. The van der Waals surface area contributed by atoms with Crippen LogP contribution in [0.3, 0.4) is 0 Å². The third kappa shape index (κ3) is 1.35. The lowest BCUT2D eigenvalue weighted by Gasteiger charge is -2.09. The second-order valence-corrected chi connectivity index (χ2v) is 4.05. The first-order chi connectivity index (χ1) is 6.58. The number of nitrogens with zero attached hydrogens (tertiary/aromatic N) is 2. The van der Waals surface area contributed by atoms with E-state index in [1.165, 1.54) is 6.20 Å². The standard InChI is InChI=1S/C9H12ClN3O/c1-2-13-7(6(10)5-12-13)8(14)9(11)3-4-9/h5H,2-4,11H2,1H3. The number of aromatic nitrogens is 2. The van der Waals surface area contributed by atoms with Crippen LogP contribution in [0.2, 0.25) is 5.02 Å². The van der Waals surface area contributed by atoms with Gasteiger partial charge in [-0.05, 0) is 19.8 Å². The summed E-state index contributed by atoms with van der Waals surface area (Å²) in [6, 6.07) is 0. The van der Waals surface area contributed by atoms with E-state index in [0.717, 1.165) is 12.8 Å². The van der Waals surface area contributed by atoms with Gasteiger partial charge in [0.2, 0.25) is 5.78 Å². The number of aryl methyl sites for hydroxylation is 1. The van der Waals surface area contributed by atoms with E-state index in [-0.39, 0.29) is 5.78 Å². The minimum atomic E-state index is -0.670. The maximum Gasteiger partial charge on any atom is 0.202 e. The summed E-state index contributed by atoms with van der Waals surface area (Å²) < 4.78 is 1.59. The quantitative estimate of drug-likeness (QED) is 0.769. The Bertz CT molecular complexity index is 381. The van der Waals surface area contributed by atoms with E-state index in [9.17, 15) is 4.79 Å². The topological polar surface area (TPSA) is 60.9 Å². The molecule has 5 heteroatoms. The first-order valence-electron chi connectivity index (χ1n) is 4.63. The van der Waals surface area contributed by atoms with Crippen LogP contribution in [0.4, 0.5) is 0 Å². The number of hydrogen-bond acceptors (Lipinski definition) is 3. The highest BCUT2D eigenvalue weighted by molar-refractivity contribution is 6.34. The van der Waals surface area contributed by atoms with Crippen molar-refractivity contribution < 1.29 is 4.79 Å². The van der Waals surface area contributed by atoms with Crippen LogP contribution < -0.4 is 5.73 Å². The molecule has 1 aromatic heterocycles. The van der Waals surface area contributed by atoms with E-state index in [1.807, 2.05) is 6.92 Å². The zero-order valence-corrected chi connectivity index (χ0v) is 8.71. The minimum absolute atomic E-state index is 0.0816. The highest BCUT2D eigenvalue weighted by Gasteiger charge is 2.47. The molecule has 2 N–H and O–H groups in total. The molecule has 0 radical (unpaired) electrons. The van der Waals surface area contributed by atoms with Crippen LogP contribution in [0.5, 0.6) is 0 Å². The summed E-state index contributed by atoms with van der Waals surface area (Å²) in [5.41, 5.74) is 5.61. The Balaban J connectivity index is 2.39. The monoisotopic (exact) mass is 213 g/mol. The van der Waals surface area contributed by atoms with Crippen LogP contribution >= 0.6 is 11.6 Å². The van der Waals surface area contributed by atoms with E-state index >= 15 is 0 Å². The van der Waals surface area contributed by atoms with Gasteiger partial charge in [-0.15, -0.1) is 0 Å². The molecule has 76 valence electrons. The fourth-order valence-electron chi connectivity index (χ4n) is 1.43. The fraction of sp³-hybridized carbons (Fsp3) is 0.556. The molecule has 1 saturated carbocycles. The van der Waals surface area contributed by atoms with E-state index in [1.54, 1.807) is 4.68 Å². The molecule has 1 aliphatic carbocycles. The molecule has 0 amide bonds. The first-order valence-corrected chi connectivity index (χ1v) is 5.01. The largest absolute Gasteiger partial charge is 0.319 e. The van der Waals surface area contributed by atoms with E-state index < -0.39 is 5.54 Å². The molecule has 1 heterocycles. The number of ketones is 1. The molecule has 4 nitrogen and oxygen atoms in total. The van der Waals surface area contributed by atoms with Gasteiger partial charge in [0.25, 0.3) is 0 Å². The van der Waals surface area contributed by atoms with Crippen molar-refractivity contribution in [3.05, 3.63) is 16.9 Å². The maximum absolute atomic E-state index is 11.9. The predicted octanol–water partition coefficient (Wildman–Crippen LogP) is 1.23.